The van der Waals surface area contributed by atoms with E-state index in [-0.39, 0.29) is 24.2 Å². The Morgan fingerprint density at radius 2 is 1.65 bits per heavy atom. The highest BCUT2D eigenvalue weighted by molar-refractivity contribution is 7.80. The molecule has 136 valence electrons. The van der Waals surface area contributed by atoms with E-state index in [1.807, 2.05) is 31.2 Å². The van der Waals surface area contributed by atoms with Gasteiger partial charge >= 0.3 is 6.09 Å². The van der Waals surface area contributed by atoms with Crippen molar-refractivity contribution < 1.29 is 14.3 Å². The fourth-order valence-corrected chi connectivity index (χ4v) is 3.53. The number of carbonyl (C=O) groups is 2. The second-order valence-corrected chi connectivity index (χ2v) is 6.46. The molecular formula is C20H22N2O3S. The number of nitrogens with one attached hydrogen (secondary N) is 2. The second-order valence-electron chi connectivity index (χ2n) is 6.10. The minimum absolute atomic E-state index is 0.00734. The third-order valence-electron chi connectivity index (χ3n) is 4.49. The van der Waals surface area contributed by atoms with Crippen LogP contribution in [0.1, 0.15) is 24.0 Å². The van der Waals surface area contributed by atoms with Crippen LogP contribution in [-0.2, 0) is 9.53 Å². The zero-order valence-corrected chi connectivity index (χ0v) is 15.5. The Labute approximate surface area is 158 Å². The summed E-state index contributed by atoms with van der Waals surface area (Å²) in [5.74, 6) is -0.0705. The molecule has 2 aromatic rings. The second kappa shape index (κ2) is 8.27. The highest BCUT2D eigenvalue weighted by Crippen LogP contribution is 2.44. The van der Waals surface area contributed by atoms with Crippen molar-refractivity contribution in [2.45, 2.75) is 18.9 Å². The van der Waals surface area contributed by atoms with Crippen LogP contribution in [0.15, 0.2) is 48.5 Å². The van der Waals surface area contributed by atoms with Crippen molar-refractivity contribution in [1.29, 1.82) is 0 Å². The molecule has 6 heteroatoms. The number of hydrogen-bond acceptors (Lipinski definition) is 4. The van der Waals surface area contributed by atoms with Crippen molar-refractivity contribution in [3.63, 3.8) is 0 Å². The summed E-state index contributed by atoms with van der Waals surface area (Å²) in [5.41, 5.74) is 4.65. The lowest BCUT2D eigenvalue weighted by Gasteiger charge is -2.18. The average Bonchev–Trinajstić information content (AvgIpc) is 2.98. The molecule has 2 amide bonds. The molecule has 1 aliphatic carbocycles. The van der Waals surface area contributed by atoms with Crippen molar-refractivity contribution >= 4 is 24.6 Å². The normalized spacial score (nSPS) is 13.5. The number of thiol groups is 1. The Hall–Kier alpha value is -2.47. The number of benzene rings is 2. The van der Waals surface area contributed by atoms with Gasteiger partial charge in [0.1, 0.15) is 12.6 Å². The third-order valence-corrected chi connectivity index (χ3v) is 4.85. The number of carbonyl (C=O) groups excluding carboxylic acids is 2. The van der Waals surface area contributed by atoms with E-state index < -0.39 is 12.1 Å². The summed E-state index contributed by atoms with van der Waals surface area (Å²) < 4.78 is 5.44. The van der Waals surface area contributed by atoms with Crippen LogP contribution >= 0.6 is 12.6 Å². The van der Waals surface area contributed by atoms with Crippen LogP contribution in [-0.4, -0.2) is 36.9 Å². The van der Waals surface area contributed by atoms with Gasteiger partial charge in [-0.3, -0.25) is 4.79 Å². The van der Waals surface area contributed by atoms with Gasteiger partial charge in [-0.2, -0.15) is 12.6 Å². The molecule has 0 bridgehead atoms. The van der Waals surface area contributed by atoms with Gasteiger partial charge in [0.05, 0.1) is 0 Å². The third kappa shape index (κ3) is 3.70. The molecule has 2 aromatic carbocycles. The molecule has 26 heavy (non-hydrogen) atoms. The molecule has 5 nitrogen and oxygen atoms in total. The number of hydrogen-bond donors (Lipinski definition) is 3. The summed E-state index contributed by atoms with van der Waals surface area (Å²) in [6.45, 7) is 2.53. The number of amides is 2. The number of rotatable bonds is 6. The summed E-state index contributed by atoms with van der Waals surface area (Å²) in [5, 5.41) is 5.24. The predicted molar refractivity (Wildman–Crippen MR) is 105 cm³/mol. The monoisotopic (exact) mass is 370 g/mol. The first-order valence-electron chi connectivity index (χ1n) is 8.65. The van der Waals surface area contributed by atoms with Crippen molar-refractivity contribution in [3.05, 3.63) is 59.7 Å². The number of fused-ring (bicyclic) bond motifs is 3. The lowest BCUT2D eigenvalue weighted by atomic mass is 9.98. The van der Waals surface area contributed by atoms with Crippen molar-refractivity contribution in [2.75, 3.05) is 18.9 Å². The van der Waals surface area contributed by atoms with Crippen LogP contribution in [0.4, 0.5) is 4.79 Å². The molecule has 3 rings (SSSR count). The molecule has 1 unspecified atom stereocenters. The Bertz CT molecular complexity index is 764. The number of alkyl carbamates (subject to hydrolysis) is 1. The Kier molecular flexibility index (Phi) is 5.83. The number of ether oxygens (including phenoxy) is 1. The van der Waals surface area contributed by atoms with Crippen LogP contribution < -0.4 is 10.6 Å². The Morgan fingerprint density at radius 3 is 2.19 bits per heavy atom. The molecule has 0 radical (unpaired) electrons. The van der Waals surface area contributed by atoms with E-state index in [1.165, 1.54) is 11.1 Å². The highest BCUT2D eigenvalue weighted by Gasteiger charge is 2.29. The van der Waals surface area contributed by atoms with Crippen LogP contribution in [0, 0.1) is 0 Å². The summed E-state index contributed by atoms with van der Waals surface area (Å²) >= 11 is 4.12. The van der Waals surface area contributed by atoms with Gasteiger partial charge in [-0.15, -0.1) is 0 Å². The van der Waals surface area contributed by atoms with E-state index in [2.05, 4.69) is 47.5 Å². The Morgan fingerprint density at radius 1 is 1.08 bits per heavy atom. The van der Waals surface area contributed by atoms with Crippen LogP contribution in [0.3, 0.4) is 0 Å². The standard InChI is InChI=1S/C20H22N2O3S/c1-2-21-19(23)18(12-26)22-20(24)25-11-17-15-9-5-3-7-13(15)14-8-4-6-10-16(14)17/h3-10,17-18,26H,2,11-12H2,1H3,(H,21,23)(H,22,24). The molecule has 0 heterocycles. The number of likely N-dealkylation sites (N-methyl/N-ethyl adjacent to an activating group) is 1. The lowest BCUT2D eigenvalue weighted by molar-refractivity contribution is -0.122. The molecule has 0 aromatic heterocycles. The first-order valence-corrected chi connectivity index (χ1v) is 9.29. The zero-order chi connectivity index (χ0) is 18.5. The van der Waals surface area contributed by atoms with Gasteiger partial charge in [-0.05, 0) is 29.2 Å². The van der Waals surface area contributed by atoms with Crippen molar-refractivity contribution in [3.8, 4) is 11.1 Å². The van der Waals surface area contributed by atoms with Crippen LogP contribution in [0.2, 0.25) is 0 Å². The fourth-order valence-electron chi connectivity index (χ4n) is 3.27. The summed E-state index contributed by atoms with van der Waals surface area (Å²) in [6.07, 6.45) is -0.614. The zero-order valence-electron chi connectivity index (χ0n) is 14.6. The van der Waals surface area contributed by atoms with Gasteiger partial charge in [0.15, 0.2) is 0 Å². The molecule has 0 saturated carbocycles. The van der Waals surface area contributed by atoms with Crippen LogP contribution in [0.5, 0.6) is 0 Å². The predicted octanol–water partition coefficient (Wildman–Crippen LogP) is 2.96. The van der Waals surface area contributed by atoms with Crippen molar-refractivity contribution in [2.24, 2.45) is 0 Å². The van der Waals surface area contributed by atoms with E-state index in [4.69, 9.17) is 4.74 Å². The maximum Gasteiger partial charge on any atom is 0.407 e. The van der Waals surface area contributed by atoms with Gasteiger partial charge in [0.25, 0.3) is 0 Å². The van der Waals surface area contributed by atoms with E-state index in [9.17, 15) is 9.59 Å². The molecule has 2 N–H and O–H groups in total. The first-order chi connectivity index (χ1) is 12.7. The summed E-state index contributed by atoms with van der Waals surface area (Å²) in [7, 11) is 0. The SMILES string of the molecule is CCNC(=O)C(CS)NC(=O)OCC1c2ccccc2-c2ccccc21. The molecule has 0 saturated heterocycles. The fraction of sp³-hybridized carbons (Fsp3) is 0.300. The smallest absolute Gasteiger partial charge is 0.407 e. The van der Waals surface area contributed by atoms with Gasteiger partial charge in [-0.25, -0.2) is 4.79 Å². The van der Waals surface area contributed by atoms with E-state index in [0.717, 1.165) is 11.1 Å². The molecule has 1 aliphatic rings. The molecule has 0 spiro atoms. The summed E-state index contributed by atoms with van der Waals surface area (Å²) in [6, 6.07) is 15.6. The average molecular weight is 370 g/mol. The summed E-state index contributed by atoms with van der Waals surface area (Å²) in [4.78, 5) is 24.0. The minimum atomic E-state index is -0.714. The topological polar surface area (TPSA) is 67.4 Å². The molecule has 0 fully saturated rings. The first kappa shape index (κ1) is 18.3. The van der Waals surface area contributed by atoms with Crippen molar-refractivity contribution in [1.82, 2.24) is 10.6 Å². The van der Waals surface area contributed by atoms with Crippen LogP contribution in [0.25, 0.3) is 11.1 Å². The molecule has 1 atom stereocenters. The van der Waals surface area contributed by atoms with E-state index in [1.54, 1.807) is 0 Å². The quantitative estimate of drug-likeness (QED) is 0.685. The maximum atomic E-state index is 12.2. The minimum Gasteiger partial charge on any atom is -0.449 e. The molecular weight excluding hydrogens is 348 g/mol. The van der Waals surface area contributed by atoms with Gasteiger partial charge in [-0.1, -0.05) is 48.5 Å². The van der Waals surface area contributed by atoms with E-state index in [0.29, 0.717) is 6.54 Å². The van der Waals surface area contributed by atoms with Gasteiger partial charge in [0, 0.05) is 18.2 Å². The van der Waals surface area contributed by atoms with E-state index >= 15 is 0 Å². The molecule has 0 aliphatic heterocycles. The highest BCUT2D eigenvalue weighted by atomic mass is 32.1. The van der Waals surface area contributed by atoms with Gasteiger partial charge < -0.3 is 15.4 Å². The lowest BCUT2D eigenvalue weighted by Crippen LogP contribution is -2.48. The van der Waals surface area contributed by atoms with Gasteiger partial charge in [0.2, 0.25) is 5.91 Å². The largest absolute Gasteiger partial charge is 0.449 e. The maximum absolute atomic E-state index is 12.2. The Balaban J connectivity index is 1.68.